The summed E-state index contributed by atoms with van der Waals surface area (Å²) >= 11 is 10.5. The second-order valence-corrected chi connectivity index (χ2v) is 4.40. The molecule has 0 aliphatic heterocycles. The minimum absolute atomic E-state index is 0.169. The van der Waals surface area contributed by atoms with Gasteiger partial charge in [-0.05, 0) is 33.6 Å². The summed E-state index contributed by atoms with van der Waals surface area (Å²) in [6.07, 6.45) is 1.59. The quantitative estimate of drug-likeness (QED) is 0.803. The average Bonchev–Trinajstić information content (AvgIpc) is 2.52. The molecule has 0 aliphatic carbocycles. The molecule has 0 amide bonds. The fourth-order valence-corrected chi connectivity index (χ4v) is 2.37. The smallest absolute Gasteiger partial charge is 0.214 e. The highest BCUT2D eigenvalue weighted by Crippen LogP contribution is 2.28. The molecule has 0 N–H and O–H groups in total. The van der Waals surface area contributed by atoms with Crippen LogP contribution in [0.1, 0.15) is 0 Å². The van der Waals surface area contributed by atoms with Crippen LogP contribution in [0.5, 0.6) is 0 Å². The van der Waals surface area contributed by atoms with Gasteiger partial charge in [0.2, 0.25) is 5.28 Å². The Morgan fingerprint density at radius 2 is 2.31 bits per heavy atom. The minimum atomic E-state index is 0.169. The lowest BCUT2D eigenvalue weighted by Gasteiger charge is -1.93. The van der Waals surface area contributed by atoms with Crippen LogP contribution in [-0.4, -0.2) is 15.2 Å². The topological polar surface area (TPSA) is 38.7 Å². The molecule has 0 unspecified atom stereocenters. The minimum Gasteiger partial charge on any atom is -0.214 e. The Morgan fingerprint density at radius 1 is 1.46 bits per heavy atom. The number of aromatic nitrogens is 3. The van der Waals surface area contributed by atoms with Crippen molar-refractivity contribution < 1.29 is 0 Å². The van der Waals surface area contributed by atoms with E-state index in [-0.39, 0.29) is 5.28 Å². The van der Waals surface area contributed by atoms with Crippen LogP contribution < -0.4 is 0 Å². The third-order valence-electron chi connectivity index (χ3n) is 1.35. The molecule has 3 nitrogen and oxygen atoms in total. The molecule has 0 radical (unpaired) electrons. The largest absolute Gasteiger partial charge is 0.243 e. The van der Waals surface area contributed by atoms with Crippen LogP contribution in [0.2, 0.25) is 5.28 Å². The number of thiophene rings is 1. The van der Waals surface area contributed by atoms with Crippen molar-refractivity contribution in [1.82, 2.24) is 15.2 Å². The predicted octanol–water partition coefficient (Wildman–Crippen LogP) is 3.02. The molecule has 0 spiro atoms. The van der Waals surface area contributed by atoms with Crippen molar-refractivity contribution in [2.45, 2.75) is 0 Å². The van der Waals surface area contributed by atoms with Gasteiger partial charge in [-0.15, -0.1) is 16.4 Å². The summed E-state index contributed by atoms with van der Waals surface area (Å²) in [5.41, 5.74) is 0.746. The molecular weight excluding hydrogens is 274 g/mol. The lowest BCUT2D eigenvalue weighted by Crippen LogP contribution is -1.87. The monoisotopic (exact) mass is 275 g/mol. The van der Waals surface area contributed by atoms with Gasteiger partial charge in [-0.1, -0.05) is 0 Å². The van der Waals surface area contributed by atoms with E-state index in [1.165, 1.54) is 0 Å². The van der Waals surface area contributed by atoms with Gasteiger partial charge in [-0.2, -0.15) is 5.10 Å². The van der Waals surface area contributed by atoms with Crippen molar-refractivity contribution in [3.05, 3.63) is 27.4 Å². The molecule has 13 heavy (non-hydrogen) atoms. The van der Waals surface area contributed by atoms with Crippen molar-refractivity contribution in [1.29, 1.82) is 0 Å². The zero-order valence-corrected chi connectivity index (χ0v) is 9.40. The van der Waals surface area contributed by atoms with Crippen molar-refractivity contribution in [3.8, 4) is 10.6 Å². The highest BCUT2D eigenvalue weighted by molar-refractivity contribution is 9.10. The van der Waals surface area contributed by atoms with Crippen molar-refractivity contribution in [2.24, 2.45) is 0 Å². The van der Waals surface area contributed by atoms with Gasteiger partial charge < -0.3 is 0 Å². The molecule has 0 atom stereocenters. The van der Waals surface area contributed by atoms with Gasteiger partial charge in [0.15, 0.2) is 0 Å². The molecule has 0 aromatic carbocycles. The Morgan fingerprint density at radius 3 is 2.92 bits per heavy atom. The molecule has 66 valence electrons. The Hall–Kier alpha value is -0.520. The van der Waals surface area contributed by atoms with E-state index >= 15 is 0 Å². The van der Waals surface area contributed by atoms with Gasteiger partial charge in [0, 0.05) is 9.85 Å². The summed E-state index contributed by atoms with van der Waals surface area (Å²) in [5.74, 6) is 0. The fourth-order valence-electron chi connectivity index (χ4n) is 0.848. The van der Waals surface area contributed by atoms with Crippen LogP contribution in [0.4, 0.5) is 0 Å². The summed E-state index contributed by atoms with van der Waals surface area (Å²) in [5, 5.41) is 9.43. The van der Waals surface area contributed by atoms with Crippen molar-refractivity contribution >= 4 is 38.9 Å². The van der Waals surface area contributed by atoms with Crippen LogP contribution in [0.3, 0.4) is 0 Å². The number of hydrogen-bond acceptors (Lipinski definition) is 4. The number of hydrogen-bond donors (Lipinski definition) is 0. The van der Waals surface area contributed by atoms with E-state index in [1.54, 1.807) is 17.5 Å². The molecule has 2 aromatic heterocycles. The molecule has 0 saturated heterocycles. The molecule has 0 fully saturated rings. The first kappa shape index (κ1) is 9.05. The first-order valence-corrected chi connectivity index (χ1v) is 5.40. The van der Waals surface area contributed by atoms with E-state index in [9.17, 15) is 0 Å². The maximum absolute atomic E-state index is 5.61. The van der Waals surface area contributed by atoms with Gasteiger partial charge in [-0.25, -0.2) is 4.98 Å². The molecule has 2 heterocycles. The standard InChI is InChI=1S/C7H3BrClN3S/c8-4-1-6(13-3-4)5-2-10-12-7(9)11-5/h1-3H. The lowest BCUT2D eigenvalue weighted by molar-refractivity contribution is 0.976. The molecule has 0 saturated carbocycles. The second kappa shape index (κ2) is 3.69. The van der Waals surface area contributed by atoms with Crippen molar-refractivity contribution in [2.75, 3.05) is 0 Å². The van der Waals surface area contributed by atoms with Gasteiger partial charge in [0.1, 0.15) is 5.69 Å². The first-order valence-electron chi connectivity index (χ1n) is 3.35. The van der Waals surface area contributed by atoms with E-state index in [0.29, 0.717) is 0 Å². The third kappa shape index (κ3) is 2.04. The molecule has 2 rings (SSSR count). The van der Waals surface area contributed by atoms with Gasteiger partial charge in [0.05, 0.1) is 11.1 Å². The van der Waals surface area contributed by atoms with Crippen LogP contribution in [0.15, 0.2) is 22.1 Å². The summed E-state index contributed by atoms with van der Waals surface area (Å²) in [4.78, 5) is 5.06. The van der Waals surface area contributed by atoms with E-state index in [1.807, 2.05) is 11.4 Å². The van der Waals surface area contributed by atoms with Gasteiger partial charge >= 0.3 is 0 Å². The SMILES string of the molecule is Clc1nncc(-c2cc(Br)cs2)n1. The molecular formula is C7H3BrClN3S. The summed E-state index contributed by atoms with van der Waals surface area (Å²) < 4.78 is 1.03. The maximum Gasteiger partial charge on any atom is 0.243 e. The Balaban J connectivity index is 2.46. The number of rotatable bonds is 1. The van der Waals surface area contributed by atoms with Crippen LogP contribution in [0, 0.1) is 0 Å². The maximum atomic E-state index is 5.61. The molecule has 6 heteroatoms. The van der Waals surface area contributed by atoms with Crippen LogP contribution >= 0.6 is 38.9 Å². The van der Waals surface area contributed by atoms with Crippen LogP contribution in [0.25, 0.3) is 10.6 Å². The summed E-state index contributed by atoms with van der Waals surface area (Å²) in [6.45, 7) is 0. The zero-order chi connectivity index (χ0) is 9.26. The highest BCUT2D eigenvalue weighted by atomic mass is 79.9. The van der Waals surface area contributed by atoms with E-state index in [2.05, 4.69) is 31.1 Å². The van der Waals surface area contributed by atoms with E-state index in [4.69, 9.17) is 11.6 Å². The van der Waals surface area contributed by atoms with E-state index in [0.717, 1.165) is 15.0 Å². The van der Waals surface area contributed by atoms with Crippen LogP contribution in [-0.2, 0) is 0 Å². The molecule has 2 aromatic rings. The fraction of sp³-hybridized carbons (Fsp3) is 0. The van der Waals surface area contributed by atoms with Crippen molar-refractivity contribution in [3.63, 3.8) is 0 Å². The highest BCUT2D eigenvalue weighted by Gasteiger charge is 2.03. The Kier molecular flexibility index (Phi) is 2.57. The third-order valence-corrected chi connectivity index (χ3v) is 3.23. The predicted molar refractivity (Wildman–Crippen MR) is 55.9 cm³/mol. The van der Waals surface area contributed by atoms with Gasteiger partial charge in [-0.3, -0.25) is 0 Å². The summed E-state index contributed by atoms with van der Waals surface area (Å²) in [6, 6.07) is 1.96. The zero-order valence-electron chi connectivity index (χ0n) is 6.24. The average molecular weight is 277 g/mol. The lowest BCUT2D eigenvalue weighted by atomic mass is 10.4. The Labute approximate surface area is 91.9 Å². The Bertz CT molecular complexity index is 431. The number of halogens is 2. The van der Waals surface area contributed by atoms with E-state index < -0.39 is 0 Å². The molecule has 0 aliphatic rings. The number of nitrogens with zero attached hydrogens (tertiary/aromatic N) is 3. The molecule has 0 bridgehead atoms. The summed E-state index contributed by atoms with van der Waals surface area (Å²) in [7, 11) is 0. The first-order chi connectivity index (χ1) is 6.25. The van der Waals surface area contributed by atoms with Gasteiger partial charge in [0.25, 0.3) is 0 Å². The second-order valence-electron chi connectivity index (χ2n) is 2.24. The normalized spacial score (nSPS) is 10.3.